The lowest BCUT2D eigenvalue weighted by molar-refractivity contribution is -0.137. The third-order valence-electron chi connectivity index (χ3n) is 2.90. The van der Waals surface area contributed by atoms with E-state index in [4.69, 9.17) is 5.11 Å². The molecule has 0 radical (unpaired) electrons. The lowest BCUT2D eigenvalue weighted by Crippen LogP contribution is -2.47. The molecule has 1 heterocycles. The van der Waals surface area contributed by atoms with Gasteiger partial charge in [0.15, 0.2) is 0 Å². The van der Waals surface area contributed by atoms with Crippen molar-refractivity contribution in [3.63, 3.8) is 0 Å². The van der Waals surface area contributed by atoms with E-state index in [0.717, 1.165) is 12.8 Å². The number of rotatable bonds is 5. The average Bonchev–Trinajstić information content (AvgIpc) is 2.62. The molecule has 0 aromatic carbocycles. The minimum absolute atomic E-state index is 0.0124. The maximum absolute atomic E-state index is 12.0. The third-order valence-corrected chi connectivity index (χ3v) is 3.87. The molecule has 6 nitrogen and oxygen atoms in total. The average molecular weight is 276 g/mol. The van der Waals surface area contributed by atoms with Crippen LogP contribution in [0.15, 0.2) is 0 Å². The van der Waals surface area contributed by atoms with E-state index in [-0.39, 0.29) is 24.5 Å². The van der Waals surface area contributed by atoms with Gasteiger partial charge in [0, 0.05) is 41.4 Å². The lowest BCUT2D eigenvalue weighted by atomic mass is 10.1. The van der Waals surface area contributed by atoms with Crippen molar-refractivity contribution < 1.29 is 18.9 Å². The first-order valence-electron chi connectivity index (χ1n) is 5.99. The molecule has 2 amide bonds. The Kier molecular flexibility index (Phi) is 5.58. The second-order valence-corrected chi connectivity index (χ2v) is 6.16. The van der Waals surface area contributed by atoms with Crippen molar-refractivity contribution in [3.05, 3.63) is 0 Å². The first-order chi connectivity index (χ1) is 8.40. The Labute approximate surface area is 109 Å². The molecule has 0 aromatic rings. The molecule has 0 saturated carbocycles. The Morgan fingerprint density at radius 3 is 2.78 bits per heavy atom. The van der Waals surface area contributed by atoms with Gasteiger partial charge in [-0.15, -0.1) is 0 Å². The Morgan fingerprint density at radius 1 is 1.56 bits per heavy atom. The molecule has 104 valence electrons. The number of carbonyl (C=O) groups is 2. The molecule has 3 unspecified atom stereocenters. The monoisotopic (exact) mass is 276 g/mol. The SMILES string of the molecule is CC(CS(C)=O)NC(=O)N1CCCC1CC(=O)O. The number of hydrogen-bond acceptors (Lipinski definition) is 3. The lowest BCUT2D eigenvalue weighted by Gasteiger charge is -2.25. The van der Waals surface area contributed by atoms with Gasteiger partial charge in [-0.25, -0.2) is 4.79 Å². The maximum atomic E-state index is 12.0. The minimum Gasteiger partial charge on any atom is -0.481 e. The molecule has 1 saturated heterocycles. The van der Waals surface area contributed by atoms with E-state index in [9.17, 15) is 13.8 Å². The molecule has 0 spiro atoms. The molecule has 0 bridgehead atoms. The fraction of sp³-hybridized carbons (Fsp3) is 0.818. The van der Waals surface area contributed by atoms with E-state index in [1.165, 1.54) is 0 Å². The number of nitrogens with one attached hydrogen (secondary N) is 1. The Morgan fingerprint density at radius 2 is 2.22 bits per heavy atom. The maximum Gasteiger partial charge on any atom is 0.317 e. The first kappa shape index (κ1) is 14.9. The zero-order valence-corrected chi connectivity index (χ0v) is 11.5. The third kappa shape index (κ3) is 4.64. The zero-order valence-electron chi connectivity index (χ0n) is 10.7. The van der Waals surface area contributed by atoms with Crippen molar-refractivity contribution >= 4 is 22.8 Å². The van der Waals surface area contributed by atoms with Crippen molar-refractivity contribution in [1.29, 1.82) is 0 Å². The van der Waals surface area contributed by atoms with Crippen molar-refractivity contribution in [3.8, 4) is 0 Å². The van der Waals surface area contributed by atoms with E-state index in [1.54, 1.807) is 18.1 Å². The standard InChI is InChI=1S/C11H20N2O4S/c1-8(7-18(2)17)12-11(16)13-5-3-4-9(13)6-10(14)15/h8-9H,3-7H2,1-2H3,(H,12,16)(H,14,15). The summed E-state index contributed by atoms with van der Waals surface area (Å²) in [6.07, 6.45) is 3.14. The summed E-state index contributed by atoms with van der Waals surface area (Å²) in [5.41, 5.74) is 0. The summed E-state index contributed by atoms with van der Waals surface area (Å²) in [6.45, 7) is 2.38. The number of nitrogens with zero attached hydrogens (tertiary/aromatic N) is 1. The van der Waals surface area contributed by atoms with Crippen LogP contribution in [0.1, 0.15) is 26.2 Å². The van der Waals surface area contributed by atoms with Crippen LogP contribution in [-0.4, -0.2) is 56.9 Å². The number of likely N-dealkylation sites (tertiary alicyclic amines) is 1. The summed E-state index contributed by atoms with van der Waals surface area (Å²) in [5.74, 6) is -0.481. The van der Waals surface area contributed by atoms with Gasteiger partial charge in [0.25, 0.3) is 0 Å². The van der Waals surface area contributed by atoms with E-state index in [1.807, 2.05) is 0 Å². The molecular formula is C11H20N2O4S. The molecule has 18 heavy (non-hydrogen) atoms. The van der Waals surface area contributed by atoms with Gasteiger partial charge in [-0.2, -0.15) is 0 Å². The minimum atomic E-state index is -0.959. The highest BCUT2D eigenvalue weighted by Gasteiger charge is 2.30. The van der Waals surface area contributed by atoms with Crippen LogP contribution in [0.25, 0.3) is 0 Å². The van der Waals surface area contributed by atoms with Crippen LogP contribution in [0.2, 0.25) is 0 Å². The Hall–Kier alpha value is -1.11. The molecule has 7 heteroatoms. The van der Waals surface area contributed by atoms with Crippen LogP contribution >= 0.6 is 0 Å². The zero-order chi connectivity index (χ0) is 13.7. The summed E-state index contributed by atoms with van der Waals surface area (Å²) in [5, 5.41) is 11.5. The van der Waals surface area contributed by atoms with E-state index in [0.29, 0.717) is 12.3 Å². The highest BCUT2D eigenvalue weighted by Crippen LogP contribution is 2.20. The van der Waals surface area contributed by atoms with Gasteiger partial charge in [0.2, 0.25) is 0 Å². The fourth-order valence-electron chi connectivity index (χ4n) is 2.20. The smallest absolute Gasteiger partial charge is 0.317 e. The van der Waals surface area contributed by atoms with Crippen molar-refractivity contribution in [2.75, 3.05) is 18.6 Å². The number of aliphatic carboxylic acids is 1. The van der Waals surface area contributed by atoms with Gasteiger partial charge in [0.1, 0.15) is 0 Å². The van der Waals surface area contributed by atoms with E-state index in [2.05, 4.69) is 5.32 Å². The second kappa shape index (κ2) is 6.72. The molecule has 1 rings (SSSR count). The largest absolute Gasteiger partial charge is 0.481 e. The molecule has 0 aromatic heterocycles. The number of hydrogen-bond donors (Lipinski definition) is 2. The van der Waals surface area contributed by atoms with E-state index < -0.39 is 16.8 Å². The number of urea groups is 1. The summed E-state index contributed by atoms with van der Waals surface area (Å²) in [7, 11) is -0.959. The molecule has 1 aliphatic heterocycles. The fourth-order valence-corrected chi connectivity index (χ4v) is 2.99. The normalized spacial score (nSPS) is 22.6. The van der Waals surface area contributed by atoms with Crippen molar-refractivity contribution in [1.82, 2.24) is 10.2 Å². The second-order valence-electron chi connectivity index (χ2n) is 4.68. The topological polar surface area (TPSA) is 86.7 Å². The number of carbonyl (C=O) groups excluding carboxylic acids is 1. The van der Waals surface area contributed by atoms with Gasteiger partial charge in [-0.05, 0) is 19.8 Å². The van der Waals surface area contributed by atoms with Crippen LogP contribution in [0.4, 0.5) is 4.79 Å². The van der Waals surface area contributed by atoms with Crippen molar-refractivity contribution in [2.45, 2.75) is 38.3 Å². The summed E-state index contributed by atoms with van der Waals surface area (Å²) < 4.78 is 11.0. The quantitative estimate of drug-likeness (QED) is 0.761. The Bertz CT molecular complexity index is 348. The predicted molar refractivity (Wildman–Crippen MR) is 68.9 cm³/mol. The van der Waals surface area contributed by atoms with Crippen LogP contribution in [-0.2, 0) is 15.6 Å². The van der Waals surface area contributed by atoms with E-state index >= 15 is 0 Å². The van der Waals surface area contributed by atoms with Gasteiger partial charge >= 0.3 is 12.0 Å². The number of carboxylic acid groups (broad SMARTS) is 1. The molecule has 1 aliphatic rings. The van der Waals surface area contributed by atoms with Gasteiger partial charge in [-0.3, -0.25) is 9.00 Å². The highest BCUT2D eigenvalue weighted by atomic mass is 32.2. The molecule has 1 fully saturated rings. The molecule has 0 aliphatic carbocycles. The molecule has 3 atom stereocenters. The van der Waals surface area contributed by atoms with Crippen LogP contribution in [0.3, 0.4) is 0 Å². The molecular weight excluding hydrogens is 256 g/mol. The van der Waals surface area contributed by atoms with Gasteiger partial charge in [0.05, 0.1) is 6.42 Å². The van der Waals surface area contributed by atoms with Gasteiger partial charge < -0.3 is 15.3 Å². The number of carboxylic acids is 1. The summed E-state index contributed by atoms with van der Waals surface area (Å²) in [4.78, 5) is 24.2. The summed E-state index contributed by atoms with van der Waals surface area (Å²) in [6, 6.07) is -0.645. The Balaban J connectivity index is 2.49. The summed E-state index contributed by atoms with van der Waals surface area (Å²) >= 11 is 0. The van der Waals surface area contributed by atoms with Gasteiger partial charge in [-0.1, -0.05) is 0 Å². The highest BCUT2D eigenvalue weighted by molar-refractivity contribution is 7.84. The predicted octanol–water partition coefficient (Wildman–Crippen LogP) is 0.402. The molecule has 2 N–H and O–H groups in total. The van der Waals surface area contributed by atoms with Crippen LogP contribution in [0.5, 0.6) is 0 Å². The number of amides is 2. The van der Waals surface area contributed by atoms with Crippen LogP contribution < -0.4 is 5.32 Å². The van der Waals surface area contributed by atoms with Crippen LogP contribution in [0, 0.1) is 0 Å². The first-order valence-corrected chi connectivity index (χ1v) is 7.71. The van der Waals surface area contributed by atoms with Crippen molar-refractivity contribution in [2.24, 2.45) is 0 Å².